The molecule has 1 amide bonds. The molecular formula is C20H29N3O. The zero-order valence-corrected chi connectivity index (χ0v) is 14.5. The van der Waals surface area contributed by atoms with Gasteiger partial charge in [-0.25, -0.2) is 0 Å². The molecule has 2 N–H and O–H groups in total. The summed E-state index contributed by atoms with van der Waals surface area (Å²) in [6.45, 7) is 3.77. The van der Waals surface area contributed by atoms with Crippen molar-refractivity contribution in [2.45, 2.75) is 51.0 Å². The molecule has 4 rings (SSSR count). The van der Waals surface area contributed by atoms with Crippen LogP contribution >= 0.6 is 0 Å². The van der Waals surface area contributed by atoms with Crippen molar-refractivity contribution in [2.75, 3.05) is 31.5 Å². The fourth-order valence-corrected chi connectivity index (χ4v) is 4.00. The van der Waals surface area contributed by atoms with E-state index in [0.717, 1.165) is 31.1 Å². The van der Waals surface area contributed by atoms with Crippen LogP contribution in [0.15, 0.2) is 18.2 Å². The summed E-state index contributed by atoms with van der Waals surface area (Å²) < 4.78 is 0. The van der Waals surface area contributed by atoms with Gasteiger partial charge in [-0.2, -0.15) is 0 Å². The lowest BCUT2D eigenvalue weighted by molar-refractivity contribution is -0.117. The minimum Gasteiger partial charge on any atom is -0.325 e. The maximum atomic E-state index is 12.3. The highest BCUT2D eigenvalue weighted by Crippen LogP contribution is 2.28. The second-order valence-corrected chi connectivity index (χ2v) is 7.79. The number of anilines is 1. The van der Waals surface area contributed by atoms with E-state index in [4.69, 9.17) is 0 Å². The number of nitrogens with zero attached hydrogens (tertiary/aromatic N) is 1. The van der Waals surface area contributed by atoms with Crippen LogP contribution in [0.3, 0.4) is 0 Å². The molecule has 1 aromatic carbocycles. The van der Waals surface area contributed by atoms with Gasteiger partial charge in [0.2, 0.25) is 5.91 Å². The van der Waals surface area contributed by atoms with Crippen molar-refractivity contribution in [3.63, 3.8) is 0 Å². The van der Waals surface area contributed by atoms with Crippen molar-refractivity contribution in [1.82, 2.24) is 10.2 Å². The second kappa shape index (κ2) is 7.24. The fourth-order valence-electron chi connectivity index (χ4n) is 4.00. The molecule has 24 heavy (non-hydrogen) atoms. The van der Waals surface area contributed by atoms with Gasteiger partial charge in [0, 0.05) is 24.8 Å². The van der Waals surface area contributed by atoms with E-state index in [2.05, 4.69) is 33.7 Å². The molecule has 130 valence electrons. The van der Waals surface area contributed by atoms with E-state index in [1.54, 1.807) is 0 Å². The molecule has 0 aromatic heterocycles. The molecule has 4 nitrogen and oxygen atoms in total. The average Bonchev–Trinajstić information content (AvgIpc) is 3.30. The predicted octanol–water partition coefficient (Wildman–Crippen LogP) is 2.58. The summed E-state index contributed by atoms with van der Waals surface area (Å²) in [5.41, 5.74) is 3.82. The molecule has 1 aliphatic heterocycles. The number of aryl methyl sites for hydroxylation is 2. The smallest absolute Gasteiger partial charge is 0.238 e. The fraction of sp³-hybridized carbons (Fsp3) is 0.650. The van der Waals surface area contributed by atoms with E-state index in [1.807, 2.05) is 0 Å². The molecule has 2 aliphatic carbocycles. The highest BCUT2D eigenvalue weighted by Gasteiger charge is 2.25. The number of benzene rings is 1. The third-order valence-electron chi connectivity index (χ3n) is 5.73. The highest BCUT2D eigenvalue weighted by atomic mass is 16.2. The second-order valence-electron chi connectivity index (χ2n) is 7.79. The van der Waals surface area contributed by atoms with Gasteiger partial charge in [0.25, 0.3) is 0 Å². The molecule has 1 saturated carbocycles. The number of hydrogen-bond acceptors (Lipinski definition) is 3. The normalized spacial score (nSPS) is 21.7. The number of nitrogens with one attached hydrogen (secondary N) is 2. The number of fused-ring (bicyclic) bond motifs is 1. The van der Waals surface area contributed by atoms with E-state index in [0.29, 0.717) is 12.6 Å². The summed E-state index contributed by atoms with van der Waals surface area (Å²) >= 11 is 0. The molecule has 0 atom stereocenters. The standard InChI is InChI=1S/C20H29N3O/c24-20(22-19-7-6-16-2-1-3-17(16)12-19)14-23-10-8-18(9-11-23)21-13-15-4-5-15/h6-7,12,15,18,21H,1-5,8-11,13-14H2,(H,22,24). The number of hydrogen-bond donors (Lipinski definition) is 2. The molecule has 1 heterocycles. The lowest BCUT2D eigenvalue weighted by Crippen LogP contribution is -2.45. The molecule has 2 fully saturated rings. The minimum absolute atomic E-state index is 0.123. The molecule has 0 unspecified atom stereocenters. The Hall–Kier alpha value is -1.39. The number of likely N-dealkylation sites (tertiary alicyclic amines) is 1. The van der Waals surface area contributed by atoms with Crippen molar-refractivity contribution in [2.24, 2.45) is 5.92 Å². The Morgan fingerprint density at radius 3 is 2.67 bits per heavy atom. The van der Waals surface area contributed by atoms with Gasteiger partial charge >= 0.3 is 0 Å². The quantitative estimate of drug-likeness (QED) is 0.844. The largest absolute Gasteiger partial charge is 0.325 e. The predicted molar refractivity (Wildman–Crippen MR) is 97.3 cm³/mol. The third-order valence-corrected chi connectivity index (χ3v) is 5.73. The Kier molecular flexibility index (Phi) is 4.86. The van der Waals surface area contributed by atoms with Gasteiger partial charge in [0.05, 0.1) is 6.54 Å². The Labute approximate surface area is 145 Å². The van der Waals surface area contributed by atoms with Crippen molar-refractivity contribution >= 4 is 11.6 Å². The van der Waals surface area contributed by atoms with E-state index in [9.17, 15) is 4.79 Å². The minimum atomic E-state index is 0.123. The van der Waals surface area contributed by atoms with Crippen LogP contribution in [0.4, 0.5) is 5.69 Å². The van der Waals surface area contributed by atoms with Gasteiger partial charge in [-0.15, -0.1) is 0 Å². The first-order valence-corrected chi connectivity index (χ1v) is 9.63. The van der Waals surface area contributed by atoms with Crippen LogP contribution in [0.1, 0.15) is 43.2 Å². The van der Waals surface area contributed by atoms with Crippen LogP contribution < -0.4 is 10.6 Å². The summed E-state index contributed by atoms with van der Waals surface area (Å²) in [6.07, 6.45) is 8.74. The summed E-state index contributed by atoms with van der Waals surface area (Å²) in [6, 6.07) is 7.04. The molecule has 0 spiro atoms. The van der Waals surface area contributed by atoms with Gasteiger partial charge in [0.15, 0.2) is 0 Å². The van der Waals surface area contributed by atoms with Crippen LogP contribution in [0.25, 0.3) is 0 Å². The molecule has 0 radical (unpaired) electrons. The topological polar surface area (TPSA) is 44.4 Å². The SMILES string of the molecule is O=C(CN1CCC(NCC2CC2)CC1)Nc1ccc2c(c1)CCC2. The van der Waals surface area contributed by atoms with Gasteiger partial charge in [0.1, 0.15) is 0 Å². The highest BCUT2D eigenvalue weighted by molar-refractivity contribution is 5.92. The lowest BCUT2D eigenvalue weighted by Gasteiger charge is -2.32. The number of carbonyl (C=O) groups excluding carboxylic acids is 1. The van der Waals surface area contributed by atoms with E-state index >= 15 is 0 Å². The Bertz CT molecular complexity index is 589. The number of rotatable bonds is 6. The number of piperidine rings is 1. The van der Waals surface area contributed by atoms with Gasteiger partial charge in [-0.1, -0.05) is 6.07 Å². The van der Waals surface area contributed by atoms with Crippen LogP contribution in [0.5, 0.6) is 0 Å². The molecule has 1 saturated heterocycles. The van der Waals surface area contributed by atoms with Crippen molar-refractivity contribution in [3.05, 3.63) is 29.3 Å². The lowest BCUT2D eigenvalue weighted by atomic mass is 10.0. The molecular weight excluding hydrogens is 298 g/mol. The van der Waals surface area contributed by atoms with E-state index in [-0.39, 0.29) is 5.91 Å². The van der Waals surface area contributed by atoms with Crippen LogP contribution in [-0.4, -0.2) is 43.0 Å². The van der Waals surface area contributed by atoms with E-state index < -0.39 is 0 Å². The van der Waals surface area contributed by atoms with Crippen LogP contribution in [0, 0.1) is 5.92 Å². The molecule has 4 heteroatoms. The maximum Gasteiger partial charge on any atom is 0.238 e. The van der Waals surface area contributed by atoms with Crippen molar-refractivity contribution in [1.29, 1.82) is 0 Å². The monoisotopic (exact) mass is 327 g/mol. The van der Waals surface area contributed by atoms with Gasteiger partial charge in [-0.05, 0) is 80.7 Å². The zero-order chi connectivity index (χ0) is 16.4. The van der Waals surface area contributed by atoms with Crippen LogP contribution in [0.2, 0.25) is 0 Å². The Balaban J connectivity index is 1.20. The van der Waals surface area contributed by atoms with E-state index in [1.165, 1.54) is 56.2 Å². The maximum absolute atomic E-state index is 12.3. The average molecular weight is 327 g/mol. The molecule has 3 aliphatic rings. The van der Waals surface area contributed by atoms with Crippen molar-refractivity contribution < 1.29 is 4.79 Å². The number of carbonyl (C=O) groups is 1. The summed E-state index contributed by atoms with van der Waals surface area (Å²) in [5.74, 6) is 1.07. The van der Waals surface area contributed by atoms with Gasteiger partial charge < -0.3 is 10.6 Å². The summed E-state index contributed by atoms with van der Waals surface area (Å²) in [7, 11) is 0. The summed E-state index contributed by atoms with van der Waals surface area (Å²) in [5, 5.41) is 6.78. The Morgan fingerprint density at radius 1 is 1.08 bits per heavy atom. The first-order valence-electron chi connectivity index (χ1n) is 9.63. The van der Waals surface area contributed by atoms with Gasteiger partial charge in [-0.3, -0.25) is 9.69 Å². The Morgan fingerprint density at radius 2 is 1.88 bits per heavy atom. The first-order chi connectivity index (χ1) is 11.8. The van der Waals surface area contributed by atoms with Crippen LogP contribution in [-0.2, 0) is 17.6 Å². The first kappa shape index (κ1) is 16.1. The molecule has 0 bridgehead atoms. The van der Waals surface area contributed by atoms with Crippen molar-refractivity contribution in [3.8, 4) is 0 Å². The zero-order valence-electron chi connectivity index (χ0n) is 14.5. The number of amides is 1. The summed E-state index contributed by atoms with van der Waals surface area (Å²) in [4.78, 5) is 14.6. The molecule has 1 aromatic rings. The third kappa shape index (κ3) is 4.17.